The minimum atomic E-state index is -0.449. The first kappa shape index (κ1) is 14.0. The Kier molecular flexibility index (Phi) is 4.50. The highest BCUT2D eigenvalue weighted by Gasteiger charge is 2.06. The van der Waals surface area contributed by atoms with Gasteiger partial charge in [-0.3, -0.25) is 0 Å². The van der Waals surface area contributed by atoms with Gasteiger partial charge in [-0.15, -0.1) is 0 Å². The SMILES string of the molecule is NCc1cc(COc2ccc(Br)cc2F)ccc1F. The molecule has 0 unspecified atom stereocenters. The van der Waals surface area contributed by atoms with Crippen LogP contribution >= 0.6 is 15.9 Å². The molecule has 0 heterocycles. The van der Waals surface area contributed by atoms with Gasteiger partial charge in [0.2, 0.25) is 0 Å². The third-order valence-electron chi connectivity index (χ3n) is 2.62. The van der Waals surface area contributed by atoms with Crippen LogP contribution in [-0.2, 0) is 13.2 Å². The highest BCUT2D eigenvalue weighted by molar-refractivity contribution is 9.10. The maximum absolute atomic E-state index is 13.5. The highest BCUT2D eigenvalue weighted by Crippen LogP contribution is 2.22. The lowest BCUT2D eigenvalue weighted by molar-refractivity contribution is 0.290. The summed E-state index contributed by atoms with van der Waals surface area (Å²) in [6.45, 7) is 0.276. The molecule has 0 aliphatic rings. The molecule has 5 heteroatoms. The van der Waals surface area contributed by atoms with Crippen LogP contribution in [-0.4, -0.2) is 0 Å². The van der Waals surface area contributed by atoms with E-state index in [-0.39, 0.29) is 24.7 Å². The van der Waals surface area contributed by atoms with Crippen molar-refractivity contribution in [1.29, 1.82) is 0 Å². The van der Waals surface area contributed by atoms with Crippen LogP contribution in [0.1, 0.15) is 11.1 Å². The van der Waals surface area contributed by atoms with Crippen molar-refractivity contribution in [3.8, 4) is 5.75 Å². The lowest BCUT2D eigenvalue weighted by Crippen LogP contribution is -2.03. The smallest absolute Gasteiger partial charge is 0.166 e. The summed E-state index contributed by atoms with van der Waals surface area (Å²) in [5.74, 6) is -0.640. The Bertz CT molecular complexity index is 590. The fourth-order valence-electron chi connectivity index (χ4n) is 1.63. The summed E-state index contributed by atoms with van der Waals surface area (Å²) in [4.78, 5) is 0. The third kappa shape index (κ3) is 3.52. The van der Waals surface area contributed by atoms with Crippen molar-refractivity contribution in [3.05, 3.63) is 63.6 Å². The first-order chi connectivity index (χ1) is 9.10. The second-order valence-corrected chi connectivity index (χ2v) is 4.91. The minimum Gasteiger partial charge on any atom is -0.486 e. The van der Waals surface area contributed by atoms with E-state index in [0.29, 0.717) is 10.0 Å². The highest BCUT2D eigenvalue weighted by atomic mass is 79.9. The van der Waals surface area contributed by atoms with Crippen molar-refractivity contribution in [2.45, 2.75) is 13.2 Å². The molecule has 2 N–H and O–H groups in total. The van der Waals surface area contributed by atoms with E-state index in [0.717, 1.165) is 5.56 Å². The standard InChI is InChI=1S/C14H12BrF2NO/c15-11-2-4-14(13(17)6-11)19-8-9-1-3-12(16)10(5-9)7-18/h1-6H,7-8,18H2. The largest absolute Gasteiger partial charge is 0.486 e. The van der Waals surface area contributed by atoms with Crippen molar-refractivity contribution < 1.29 is 13.5 Å². The van der Waals surface area contributed by atoms with Crippen LogP contribution in [0.25, 0.3) is 0 Å². The fraction of sp³-hybridized carbons (Fsp3) is 0.143. The average Bonchev–Trinajstić information content (AvgIpc) is 2.39. The molecule has 0 radical (unpaired) electrons. The van der Waals surface area contributed by atoms with Crippen molar-refractivity contribution in [3.63, 3.8) is 0 Å². The first-order valence-electron chi connectivity index (χ1n) is 5.65. The molecule has 2 aromatic rings. The second-order valence-electron chi connectivity index (χ2n) is 3.99. The van der Waals surface area contributed by atoms with Gasteiger partial charge in [0.1, 0.15) is 12.4 Å². The Morgan fingerprint density at radius 1 is 1.05 bits per heavy atom. The minimum absolute atomic E-state index is 0.117. The molecule has 0 atom stereocenters. The summed E-state index contributed by atoms with van der Waals surface area (Å²) >= 11 is 3.17. The molecule has 2 rings (SSSR count). The first-order valence-corrected chi connectivity index (χ1v) is 6.44. The van der Waals surface area contributed by atoms with Crippen molar-refractivity contribution in [2.24, 2.45) is 5.73 Å². The van der Waals surface area contributed by atoms with Gasteiger partial charge in [0.25, 0.3) is 0 Å². The molecular formula is C14H12BrF2NO. The Labute approximate surface area is 118 Å². The van der Waals surface area contributed by atoms with E-state index < -0.39 is 5.82 Å². The zero-order chi connectivity index (χ0) is 13.8. The number of halogens is 3. The average molecular weight is 328 g/mol. The normalized spacial score (nSPS) is 10.5. The van der Waals surface area contributed by atoms with Gasteiger partial charge in [0.05, 0.1) is 0 Å². The lowest BCUT2D eigenvalue weighted by atomic mass is 10.1. The van der Waals surface area contributed by atoms with E-state index in [4.69, 9.17) is 10.5 Å². The van der Waals surface area contributed by atoms with Crippen molar-refractivity contribution in [2.75, 3.05) is 0 Å². The zero-order valence-electron chi connectivity index (χ0n) is 10.00. The van der Waals surface area contributed by atoms with Crippen LogP contribution in [0, 0.1) is 11.6 Å². The summed E-state index contributed by atoms with van der Waals surface area (Å²) in [7, 11) is 0. The molecule has 0 fully saturated rings. The van der Waals surface area contributed by atoms with Crippen LogP contribution in [0.3, 0.4) is 0 Å². The monoisotopic (exact) mass is 327 g/mol. The molecule has 100 valence electrons. The van der Waals surface area contributed by atoms with Crippen LogP contribution in [0.2, 0.25) is 0 Å². The van der Waals surface area contributed by atoms with Crippen LogP contribution in [0.15, 0.2) is 40.9 Å². The quantitative estimate of drug-likeness (QED) is 0.927. The lowest BCUT2D eigenvalue weighted by Gasteiger charge is -2.09. The molecular weight excluding hydrogens is 316 g/mol. The molecule has 0 amide bonds. The van der Waals surface area contributed by atoms with Gasteiger partial charge >= 0.3 is 0 Å². The van der Waals surface area contributed by atoms with Crippen LogP contribution in [0.5, 0.6) is 5.75 Å². The van der Waals surface area contributed by atoms with E-state index >= 15 is 0 Å². The maximum atomic E-state index is 13.5. The fourth-order valence-corrected chi connectivity index (χ4v) is 1.96. The maximum Gasteiger partial charge on any atom is 0.166 e. The van der Waals surface area contributed by atoms with E-state index in [2.05, 4.69) is 15.9 Å². The summed E-state index contributed by atoms with van der Waals surface area (Å²) in [5.41, 5.74) is 6.58. The van der Waals surface area contributed by atoms with Crippen molar-refractivity contribution in [1.82, 2.24) is 0 Å². The van der Waals surface area contributed by atoms with E-state index in [1.807, 2.05) is 0 Å². The number of benzene rings is 2. The van der Waals surface area contributed by atoms with Crippen LogP contribution < -0.4 is 10.5 Å². The Hall–Kier alpha value is -1.46. The second kappa shape index (κ2) is 6.12. The predicted molar refractivity (Wildman–Crippen MR) is 72.7 cm³/mol. The summed E-state index contributed by atoms with van der Waals surface area (Å²) in [5, 5.41) is 0. The number of ether oxygens (including phenoxy) is 1. The number of rotatable bonds is 4. The van der Waals surface area contributed by atoms with E-state index in [1.165, 1.54) is 18.2 Å². The Morgan fingerprint density at radius 3 is 2.53 bits per heavy atom. The molecule has 2 aromatic carbocycles. The molecule has 0 saturated carbocycles. The third-order valence-corrected chi connectivity index (χ3v) is 3.11. The van der Waals surface area contributed by atoms with Gasteiger partial charge in [-0.1, -0.05) is 22.0 Å². The Balaban J connectivity index is 2.10. The van der Waals surface area contributed by atoms with Gasteiger partial charge in [-0.05, 0) is 35.9 Å². The van der Waals surface area contributed by atoms with Crippen LogP contribution in [0.4, 0.5) is 8.78 Å². The van der Waals surface area contributed by atoms with Gasteiger partial charge in [-0.25, -0.2) is 8.78 Å². The van der Waals surface area contributed by atoms with E-state index in [9.17, 15) is 8.78 Å². The number of nitrogens with two attached hydrogens (primary N) is 1. The zero-order valence-corrected chi connectivity index (χ0v) is 11.6. The molecule has 0 aromatic heterocycles. The van der Waals surface area contributed by atoms with Gasteiger partial charge in [0, 0.05) is 16.6 Å². The summed E-state index contributed by atoms with van der Waals surface area (Å²) < 4.78 is 32.8. The summed E-state index contributed by atoms with van der Waals surface area (Å²) in [6.07, 6.45) is 0. The molecule has 0 bridgehead atoms. The molecule has 0 spiro atoms. The van der Waals surface area contributed by atoms with E-state index in [1.54, 1.807) is 18.2 Å². The van der Waals surface area contributed by atoms with Crippen molar-refractivity contribution >= 4 is 15.9 Å². The molecule has 0 aliphatic heterocycles. The topological polar surface area (TPSA) is 35.2 Å². The molecule has 0 saturated heterocycles. The molecule has 19 heavy (non-hydrogen) atoms. The van der Waals surface area contributed by atoms with Gasteiger partial charge in [-0.2, -0.15) is 0 Å². The Morgan fingerprint density at radius 2 is 1.84 bits per heavy atom. The molecule has 0 aliphatic carbocycles. The number of hydrogen-bond donors (Lipinski definition) is 1. The number of hydrogen-bond acceptors (Lipinski definition) is 2. The molecule has 2 nitrogen and oxygen atoms in total. The summed E-state index contributed by atoms with van der Waals surface area (Å²) in [6, 6.07) is 9.09. The van der Waals surface area contributed by atoms with Gasteiger partial charge in [0.15, 0.2) is 11.6 Å². The van der Waals surface area contributed by atoms with Gasteiger partial charge < -0.3 is 10.5 Å². The predicted octanol–water partition coefficient (Wildman–Crippen LogP) is 3.77.